The molecule has 0 aromatic heterocycles. The Kier molecular flexibility index (Phi) is 2.86. The van der Waals surface area contributed by atoms with E-state index in [9.17, 15) is 8.78 Å². The number of hydrogen-bond acceptors (Lipinski definition) is 2. The molecule has 94 valence electrons. The molecule has 17 heavy (non-hydrogen) atoms. The van der Waals surface area contributed by atoms with Gasteiger partial charge in [-0.15, -0.1) is 0 Å². The Morgan fingerprint density at radius 1 is 1.18 bits per heavy atom. The number of halogens is 2. The fourth-order valence-corrected chi connectivity index (χ4v) is 2.18. The average molecular weight is 240 g/mol. The van der Waals surface area contributed by atoms with E-state index < -0.39 is 11.5 Å². The molecule has 1 aromatic carbocycles. The lowest BCUT2D eigenvalue weighted by molar-refractivity contribution is 0.0891. The highest BCUT2D eigenvalue weighted by atomic mass is 19.3. The molecule has 1 fully saturated rings. The van der Waals surface area contributed by atoms with Crippen LogP contribution in [0.4, 0.5) is 14.5 Å². The molecule has 2 N–H and O–H groups in total. The molecule has 0 saturated heterocycles. The van der Waals surface area contributed by atoms with Crippen molar-refractivity contribution in [1.29, 1.82) is 0 Å². The summed E-state index contributed by atoms with van der Waals surface area (Å²) in [6.45, 7) is 5.94. The van der Waals surface area contributed by atoms with Gasteiger partial charge < -0.3 is 10.6 Å². The van der Waals surface area contributed by atoms with E-state index in [1.54, 1.807) is 12.1 Å². The van der Waals surface area contributed by atoms with Gasteiger partial charge in [0.1, 0.15) is 5.54 Å². The number of alkyl halides is 2. The second-order valence-corrected chi connectivity index (χ2v) is 4.57. The number of hydrogen-bond donors (Lipinski definition) is 1. The molecule has 1 saturated carbocycles. The molecular weight excluding hydrogens is 222 g/mol. The molecule has 0 spiro atoms. The maximum absolute atomic E-state index is 13.1. The quantitative estimate of drug-likeness (QED) is 0.876. The predicted molar refractivity (Wildman–Crippen MR) is 65.4 cm³/mol. The van der Waals surface area contributed by atoms with Crippen molar-refractivity contribution in [3.63, 3.8) is 0 Å². The van der Waals surface area contributed by atoms with Gasteiger partial charge in [-0.1, -0.05) is 12.1 Å². The molecular formula is C13H18F2N2. The zero-order valence-electron chi connectivity index (χ0n) is 10.2. The summed E-state index contributed by atoms with van der Waals surface area (Å²) < 4.78 is 26.2. The van der Waals surface area contributed by atoms with Crippen molar-refractivity contribution in [1.82, 2.24) is 0 Å². The first-order valence-electron chi connectivity index (χ1n) is 5.97. The van der Waals surface area contributed by atoms with Gasteiger partial charge in [0.2, 0.25) is 0 Å². The molecule has 1 atom stereocenters. The van der Waals surface area contributed by atoms with Gasteiger partial charge in [0.15, 0.2) is 0 Å². The van der Waals surface area contributed by atoms with Crippen LogP contribution in [0.5, 0.6) is 0 Å². The highest BCUT2D eigenvalue weighted by molar-refractivity contribution is 5.50. The monoisotopic (exact) mass is 240 g/mol. The van der Waals surface area contributed by atoms with Gasteiger partial charge in [-0.25, -0.2) is 8.78 Å². The third-order valence-electron chi connectivity index (χ3n) is 3.54. The lowest BCUT2D eigenvalue weighted by Crippen LogP contribution is -2.27. The molecule has 0 aliphatic heterocycles. The number of benzene rings is 1. The first kappa shape index (κ1) is 12.3. The first-order valence-corrected chi connectivity index (χ1v) is 5.97. The fourth-order valence-electron chi connectivity index (χ4n) is 2.18. The van der Waals surface area contributed by atoms with Gasteiger partial charge in [0, 0.05) is 25.2 Å². The molecule has 1 unspecified atom stereocenters. The summed E-state index contributed by atoms with van der Waals surface area (Å²) in [5, 5.41) is 0. The molecule has 0 radical (unpaired) electrons. The summed E-state index contributed by atoms with van der Waals surface area (Å²) in [4.78, 5) is 2.16. The van der Waals surface area contributed by atoms with Crippen LogP contribution in [0.2, 0.25) is 0 Å². The third kappa shape index (κ3) is 1.90. The minimum Gasteiger partial charge on any atom is -0.372 e. The minimum absolute atomic E-state index is 0.245. The highest BCUT2D eigenvalue weighted by Crippen LogP contribution is 2.57. The van der Waals surface area contributed by atoms with E-state index in [4.69, 9.17) is 5.73 Å². The van der Waals surface area contributed by atoms with Crippen molar-refractivity contribution in [2.45, 2.75) is 31.7 Å². The second kappa shape index (κ2) is 3.95. The minimum atomic E-state index is -2.75. The molecule has 0 heterocycles. The Labute approximate surface area is 100 Å². The van der Waals surface area contributed by atoms with Gasteiger partial charge in [0.25, 0.3) is 5.92 Å². The van der Waals surface area contributed by atoms with Crippen LogP contribution >= 0.6 is 0 Å². The van der Waals surface area contributed by atoms with E-state index in [1.165, 1.54) is 0 Å². The van der Waals surface area contributed by atoms with E-state index in [-0.39, 0.29) is 6.42 Å². The van der Waals surface area contributed by atoms with Gasteiger partial charge in [-0.05, 0) is 31.5 Å². The molecule has 1 aromatic rings. The van der Waals surface area contributed by atoms with Crippen LogP contribution in [0.15, 0.2) is 24.3 Å². The Balaban J connectivity index is 2.20. The van der Waals surface area contributed by atoms with E-state index in [1.807, 2.05) is 12.1 Å². The number of nitrogens with two attached hydrogens (primary N) is 1. The molecule has 2 nitrogen and oxygen atoms in total. The fraction of sp³-hybridized carbons (Fsp3) is 0.538. The molecule has 0 amide bonds. The Bertz CT molecular complexity index is 398. The molecule has 1 aliphatic rings. The summed E-state index contributed by atoms with van der Waals surface area (Å²) in [6.07, 6.45) is -0.245. The van der Waals surface area contributed by atoms with Crippen molar-refractivity contribution >= 4 is 5.69 Å². The Morgan fingerprint density at radius 2 is 1.65 bits per heavy atom. The summed E-state index contributed by atoms with van der Waals surface area (Å²) in [5.41, 5.74) is 5.81. The summed E-state index contributed by atoms with van der Waals surface area (Å²) >= 11 is 0. The molecule has 2 rings (SSSR count). The highest BCUT2D eigenvalue weighted by Gasteiger charge is 2.69. The second-order valence-electron chi connectivity index (χ2n) is 4.57. The van der Waals surface area contributed by atoms with Gasteiger partial charge in [-0.2, -0.15) is 0 Å². The molecule has 0 bridgehead atoms. The summed E-state index contributed by atoms with van der Waals surface area (Å²) in [7, 11) is 0. The van der Waals surface area contributed by atoms with Crippen LogP contribution in [0.25, 0.3) is 0 Å². The van der Waals surface area contributed by atoms with E-state index in [2.05, 4.69) is 18.7 Å². The zero-order valence-corrected chi connectivity index (χ0v) is 10.2. The largest absolute Gasteiger partial charge is 0.372 e. The summed E-state index contributed by atoms with van der Waals surface area (Å²) in [6, 6.07) is 7.17. The summed E-state index contributed by atoms with van der Waals surface area (Å²) in [5.74, 6) is -2.75. The van der Waals surface area contributed by atoms with Crippen molar-refractivity contribution in [2.75, 3.05) is 18.0 Å². The normalized spacial score (nSPS) is 25.7. The topological polar surface area (TPSA) is 29.3 Å². The third-order valence-corrected chi connectivity index (χ3v) is 3.54. The van der Waals surface area contributed by atoms with Crippen LogP contribution in [0.1, 0.15) is 25.8 Å². The van der Waals surface area contributed by atoms with Crippen molar-refractivity contribution < 1.29 is 8.78 Å². The smallest absolute Gasteiger partial charge is 0.272 e. The maximum atomic E-state index is 13.1. The van der Waals surface area contributed by atoms with Gasteiger partial charge in [-0.3, -0.25) is 0 Å². The first-order chi connectivity index (χ1) is 7.94. The maximum Gasteiger partial charge on any atom is 0.272 e. The Hall–Kier alpha value is -1.16. The van der Waals surface area contributed by atoms with Crippen molar-refractivity contribution in [2.24, 2.45) is 5.73 Å². The standard InChI is InChI=1S/C13H18F2N2/c1-3-17(4-2)11-7-5-10(6-8-11)12(16)9-13(12,14)15/h5-8H,3-4,9,16H2,1-2H3. The lowest BCUT2D eigenvalue weighted by atomic mass is 10.0. The van der Waals surface area contributed by atoms with Crippen molar-refractivity contribution in [3.8, 4) is 0 Å². The van der Waals surface area contributed by atoms with Gasteiger partial charge >= 0.3 is 0 Å². The molecule has 1 aliphatic carbocycles. The SMILES string of the molecule is CCN(CC)c1ccc(C2(N)CC2(F)F)cc1. The average Bonchev–Trinajstić information content (AvgIpc) is 2.82. The zero-order chi connectivity index (χ0) is 12.7. The Morgan fingerprint density at radius 3 is 2.00 bits per heavy atom. The van der Waals surface area contributed by atoms with E-state index in [0.717, 1.165) is 18.8 Å². The van der Waals surface area contributed by atoms with Crippen LogP contribution in [-0.2, 0) is 5.54 Å². The van der Waals surface area contributed by atoms with Crippen LogP contribution in [0.3, 0.4) is 0 Å². The lowest BCUT2D eigenvalue weighted by Gasteiger charge is -2.21. The van der Waals surface area contributed by atoms with Crippen LogP contribution in [0, 0.1) is 0 Å². The number of rotatable bonds is 4. The predicted octanol–water partition coefficient (Wildman–Crippen LogP) is 2.73. The van der Waals surface area contributed by atoms with E-state index in [0.29, 0.717) is 5.56 Å². The molecule has 4 heteroatoms. The van der Waals surface area contributed by atoms with Gasteiger partial charge in [0.05, 0.1) is 0 Å². The number of nitrogens with zero attached hydrogens (tertiary/aromatic N) is 1. The van der Waals surface area contributed by atoms with E-state index >= 15 is 0 Å². The van der Waals surface area contributed by atoms with Crippen LogP contribution < -0.4 is 10.6 Å². The number of anilines is 1. The van der Waals surface area contributed by atoms with Crippen LogP contribution in [-0.4, -0.2) is 19.0 Å². The van der Waals surface area contributed by atoms with Crippen molar-refractivity contribution in [3.05, 3.63) is 29.8 Å².